The van der Waals surface area contributed by atoms with Crippen LogP contribution in [0.2, 0.25) is 0 Å². The summed E-state index contributed by atoms with van der Waals surface area (Å²) in [5.41, 5.74) is 6.34. The predicted molar refractivity (Wildman–Crippen MR) is 105 cm³/mol. The van der Waals surface area contributed by atoms with Gasteiger partial charge in [-0.05, 0) is 25.0 Å². The summed E-state index contributed by atoms with van der Waals surface area (Å²) in [6.45, 7) is 1.54. The van der Waals surface area contributed by atoms with E-state index in [1.165, 1.54) is 16.6 Å². The molecule has 2 N–H and O–H groups in total. The van der Waals surface area contributed by atoms with Crippen molar-refractivity contribution in [1.82, 2.24) is 25.1 Å². The lowest BCUT2D eigenvalue weighted by atomic mass is 9.94. The van der Waals surface area contributed by atoms with Crippen LogP contribution in [0.15, 0.2) is 36.7 Å². The number of nitrogens with zero attached hydrogens (tertiary/aromatic N) is 3. The van der Waals surface area contributed by atoms with Crippen molar-refractivity contribution in [3.05, 3.63) is 47.9 Å². The molecule has 0 saturated carbocycles. The molecule has 2 fully saturated rings. The monoisotopic (exact) mass is 441 g/mol. The van der Waals surface area contributed by atoms with E-state index in [0.717, 1.165) is 12.1 Å². The van der Waals surface area contributed by atoms with Gasteiger partial charge < -0.3 is 0 Å². The Hall–Kier alpha value is -2.08. The zero-order valence-corrected chi connectivity index (χ0v) is 16.9. The number of rotatable bonds is 4. The van der Waals surface area contributed by atoms with Crippen LogP contribution in [-0.2, 0) is 16.2 Å². The van der Waals surface area contributed by atoms with E-state index in [4.69, 9.17) is 0 Å². The summed E-state index contributed by atoms with van der Waals surface area (Å²) >= 11 is 0. The van der Waals surface area contributed by atoms with Gasteiger partial charge in [0.1, 0.15) is 5.25 Å². The lowest BCUT2D eigenvalue weighted by Crippen LogP contribution is -2.44. The summed E-state index contributed by atoms with van der Waals surface area (Å²) in [6.07, 6.45) is -0.194. The van der Waals surface area contributed by atoms with Gasteiger partial charge in [-0.25, -0.2) is 17.7 Å². The van der Waals surface area contributed by atoms with Crippen molar-refractivity contribution >= 4 is 10.0 Å². The van der Waals surface area contributed by atoms with Gasteiger partial charge in [0.25, 0.3) is 0 Å². The fourth-order valence-corrected chi connectivity index (χ4v) is 5.57. The number of hydrogen-bond acceptors (Lipinski definition) is 6. The van der Waals surface area contributed by atoms with Crippen molar-refractivity contribution in [3.63, 3.8) is 0 Å². The molecule has 2 aliphatic heterocycles. The van der Waals surface area contributed by atoms with E-state index in [0.29, 0.717) is 56.0 Å². The third-order valence-corrected chi connectivity index (χ3v) is 7.84. The van der Waals surface area contributed by atoms with Gasteiger partial charge in [-0.2, -0.15) is 13.2 Å². The maximum absolute atomic E-state index is 13.0. The maximum Gasteiger partial charge on any atom is 0.416 e. The van der Waals surface area contributed by atoms with Gasteiger partial charge in [0, 0.05) is 43.9 Å². The Balaban J connectivity index is 1.48. The Morgan fingerprint density at radius 3 is 2.43 bits per heavy atom. The van der Waals surface area contributed by atoms with Gasteiger partial charge in [0.2, 0.25) is 10.0 Å². The van der Waals surface area contributed by atoms with Crippen LogP contribution in [-0.4, -0.2) is 54.1 Å². The molecule has 1 aromatic heterocycles. The van der Waals surface area contributed by atoms with E-state index in [-0.39, 0.29) is 5.92 Å². The Morgan fingerprint density at radius 2 is 1.77 bits per heavy atom. The van der Waals surface area contributed by atoms with Crippen LogP contribution < -0.4 is 10.9 Å². The second-order valence-corrected chi connectivity index (χ2v) is 9.72. The summed E-state index contributed by atoms with van der Waals surface area (Å²) in [6, 6.07) is 5.00. The molecule has 7 nitrogen and oxygen atoms in total. The quantitative estimate of drug-likeness (QED) is 0.756. The molecule has 1 aromatic carbocycles. The highest BCUT2D eigenvalue weighted by Gasteiger charge is 2.37. The number of alkyl halides is 3. The van der Waals surface area contributed by atoms with Crippen LogP contribution >= 0.6 is 0 Å². The van der Waals surface area contributed by atoms with E-state index < -0.39 is 27.0 Å². The molecule has 2 saturated heterocycles. The van der Waals surface area contributed by atoms with Crippen LogP contribution in [0.1, 0.15) is 30.0 Å². The van der Waals surface area contributed by atoms with Crippen LogP contribution in [0.4, 0.5) is 13.2 Å². The number of nitrogens with one attached hydrogen (secondary N) is 2. The number of hydrazine groups is 1. The molecule has 0 spiro atoms. The molecule has 0 atom stereocenters. The molecule has 0 amide bonds. The largest absolute Gasteiger partial charge is 0.416 e. The highest BCUT2D eigenvalue weighted by Crippen LogP contribution is 2.33. The fraction of sp³-hybridized carbons (Fsp3) is 0.474. The molecule has 0 bridgehead atoms. The highest BCUT2D eigenvalue weighted by molar-refractivity contribution is 7.89. The molecule has 0 aliphatic carbocycles. The van der Waals surface area contributed by atoms with E-state index in [2.05, 4.69) is 20.8 Å². The van der Waals surface area contributed by atoms with Crippen molar-refractivity contribution in [2.45, 2.75) is 30.2 Å². The van der Waals surface area contributed by atoms with Crippen molar-refractivity contribution in [3.8, 4) is 11.3 Å². The van der Waals surface area contributed by atoms with Crippen LogP contribution in [0.3, 0.4) is 0 Å². The first-order valence-electron chi connectivity index (χ1n) is 9.69. The zero-order chi connectivity index (χ0) is 21.4. The first kappa shape index (κ1) is 21.2. The first-order valence-corrected chi connectivity index (χ1v) is 11.2. The van der Waals surface area contributed by atoms with Crippen molar-refractivity contribution in [2.75, 3.05) is 26.2 Å². The molecule has 0 unspecified atom stereocenters. The third kappa shape index (κ3) is 4.34. The number of piperidine rings is 1. The van der Waals surface area contributed by atoms with Gasteiger partial charge in [-0.1, -0.05) is 12.1 Å². The van der Waals surface area contributed by atoms with Gasteiger partial charge in [0.15, 0.2) is 0 Å². The topological polar surface area (TPSA) is 87.2 Å². The summed E-state index contributed by atoms with van der Waals surface area (Å²) in [4.78, 5) is 8.70. The van der Waals surface area contributed by atoms with Gasteiger partial charge in [0.05, 0.1) is 23.1 Å². The molecule has 11 heteroatoms. The Kier molecular flexibility index (Phi) is 5.80. The number of hydrogen-bond donors (Lipinski definition) is 2. The first-order chi connectivity index (χ1) is 14.2. The normalized spacial score (nSPS) is 20.0. The fourth-order valence-electron chi connectivity index (χ4n) is 3.84. The number of benzene rings is 1. The lowest BCUT2D eigenvalue weighted by molar-refractivity contribution is -0.137. The molecule has 2 aliphatic rings. The average molecular weight is 441 g/mol. The van der Waals surface area contributed by atoms with Gasteiger partial charge in [-0.3, -0.25) is 15.8 Å². The maximum atomic E-state index is 13.0. The summed E-state index contributed by atoms with van der Waals surface area (Å²) in [5, 5.41) is -0.474. The van der Waals surface area contributed by atoms with Crippen LogP contribution in [0.5, 0.6) is 0 Å². The number of aromatic nitrogens is 2. The highest BCUT2D eigenvalue weighted by atomic mass is 32.2. The van der Waals surface area contributed by atoms with Crippen molar-refractivity contribution in [1.29, 1.82) is 0 Å². The number of halogens is 3. The molecule has 4 rings (SSSR count). The standard InChI is InChI=1S/C19H22F3N5O2S/c20-19(21,22)15-3-1-2-14(8-15)18-12-23-11-17(26-18)13-4-6-27(7-5-13)30(28,29)16-9-24-25-10-16/h1-3,8,11-13,16,24-25H,4-7,9-10H2. The van der Waals surface area contributed by atoms with Crippen LogP contribution in [0, 0.1) is 0 Å². The molecule has 3 heterocycles. The second-order valence-electron chi connectivity index (χ2n) is 7.51. The van der Waals surface area contributed by atoms with E-state index in [1.807, 2.05) is 0 Å². The van der Waals surface area contributed by atoms with Crippen molar-refractivity contribution < 1.29 is 21.6 Å². The Labute approximate surface area is 172 Å². The van der Waals surface area contributed by atoms with Gasteiger partial charge >= 0.3 is 6.18 Å². The Morgan fingerprint density at radius 1 is 1.07 bits per heavy atom. The summed E-state index contributed by atoms with van der Waals surface area (Å²) in [7, 11) is -3.37. The minimum Gasteiger partial charge on any atom is -0.261 e. The van der Waals surface area contributed by atoms with Crippen LogP contribution in [0.25, 0.3) is 11.3 Å². The smallest absolute Gasteiger partial charge is 0.261 e. The number of sulfonamides is 1. The van der Waals surface area contributed by atoms with E-state index >= 15 is 0 Å². The molecule has 2 aromatic rings. The van der Waals surface area contributed by atoms with E-state index in [1.54, 1.807) is 12.3 Å². The SMILES string of the molecule is O=S(=O)(C1CNNC1)N1CCC(c2cncc(-c3cccc(C(F)(F)F)c3)n2)CC1. The minimum atomic E-state index is -4.43. The van der Waals surface area contributed by atoms with E-state index in [9.17, 15) is 21.6 Å². The summed E-state index contributed by atoms with van der Waals surface area (Å²) < 4.78 is 65.9. The molecule has 0 radical (unpaired) electrons. The average Bonchev–Trinajstić information content (AvgIpc) is 3.29. The third-order valence-electron chi connectivity index (χ3n) is 5.58. The molecular formula is C19H22F3N5O2S. The summed E-state index contributed by atoms with van der Waals surface area (Å²) in [5.74, 6) is 0.00882. The minimum absolute atomic E-state index is 0.00882. The molecule has 162 valence electrons. The second kappa shape index (κ2) is 8.22. The molecular weight excluding hydrogens is 419 g/mol. The Bertz CT molecular complexity index is 1000. The van der Waals surface area contributed by atoms with Gasteiger partial charge in [-0.15, -0.1) is 0 Å². The molecule has 30 heavy (non-hydrogen) atoms. The van der Waals surface area contributed by atoms with Crippen molar-refractivity contribution in [2.24, 2.45) is 0 Å². The zero-order valence-electron chi connectivity index (χ0n) is 16.1. The lowest BCUT2D eigenvalue weighted by Gasteiger charge is -2.32. The predicted octanol–water partition coefficient (Wildman–Crippen LogP) is 2.15.